The van der Waals surface area contributed by atoms with E-state index < -0.39 is 0 Å². The zero-order valence-electron chi connectivity index (χ0n) is 16.4. The summed E-state index contributed by atoms with van der Waals surface area (Å²) in [6.45, 7) is 1.42. The molecule has 1 aliphatic rings. The number of rotatable bonds is 7. The van der Waals surface area contributed by atoms with Crippen molar-refractivity contribution in [2.45, 2.75) is 51.2 Å². The number of ether oxygens (including phenoxy) is 1. The van der Waals surface area contributed by atoms with Crippen LogP contribution in [0.3, 0.4) is 0 Å². The van der Waals surface area contributed by atoms with Gasteiger partial charge in [0, 0.05) is 18.3 Å². The van der Waals surface area contributed by atoms with Crippen LogP contribution in [0.5, 0.6) is 5.75 Å². The minimum absolute atomic E-state index is 0.590. The van der Waals surface area contributed by atoms with E-state index in [0.717, 1.165) is 23.9 Å². The Balaban J connectivity index is 1.30. The molecule has 3 aromatic carbocycles. The largest absolute Gasteiger partial charge is 0.489 e. The van der Waals surface area contributed by atoms with Crippen molar-refractivity contribution in [3.63, 3.8) is 0 Å². The second-order valence-electron chi connectivity index (χ2n) is 7.73. The molecule has 0 heterocycles. The average molecular weight is 372 g/mol. The van der Waals surface area contributed by atoms with Crippen LogP contribution in [0.4, 0.5) is 5.69 Å². The highest BCUT2D eigenvalue weighted by Crippen LogP contribution is 2.32. The van der Waals surface area contributed by atoms with Crippen LogP contribution in [-0.2, 0) is 13.2 Å². The molecule has 0 spiro atoms. The third kappa shape index (κ3) is 5.16. The highest BCUT2D eigenvalue weighted by molar-refractivity contribution is 5.48. The Morgan fingerprint density at radius 2 is 1.54 bits per heavy atom. The van der Waals surface area contributed by atoms with Crippen LogP contribution in [0.15, 0.2) is 78.9 Å². The summed E-state index contributed by atoms with van der Waals surface area (Å²) < 4.78 is 5.93. The van der Waals surface area contributed by atoms with Crippen LogP contribution in [0.25, 0.3) is 0 Å². The molecule has 1 aliphatic carbocycles. The molecule has 28 heavy (non-hydrogen) atoms. The van der Waals surface area contributed by atoms with Gasteiger partial charge in [0.05, 0.1) is 0 Å². The summed E-state index contributed by atoms with van der Waals surface area (Å²) in [5.41, 5.74) is 5.09. The summed E-state index contributed by atoms with van der Waals surface area (Å²) in [6, 6.07) is 27.7. The van der Waals surface area contributed by atoms with Crippen molar-refractivity contribution in [3.8, 4) is 5.75 Å². The van der Waals surface area contributed by atoms with Gasteiger partial charge >= 0.3 is 0 Å². The van der Waals surface area contributed by atoms with Gasteiger partial charge in [-0.05, 0) is 47.6 Å². The third-order valence-corrected chi connectivity index (χ3v) is 5.64. The highest BCUT2D eigenvalue weighted by Gasteiger charge is 2.14. The summed E-state index contributed by atoms with van der Waals surface area (Å²) in [7, 11) is 0. The van der Waals surface area contributed by atoms with Crippen molar-refractivity contribution in [2.24, 2.45) is 0 Å². The average Bonchev–Trinajstić information content (AvgIpc) is 2.78. The van der Waals surface area contributed by atoms with Crippen LogP contribution < -0.4 is 10.1 Å². The van der Waals surface area contributed by atoms with Gasteiger partial charge in [-0.3, -0.25) is 0 Å². The first-order valence-electron chi connectivity index (χ1n) is 10.5. The van der Waals surface area contributed by atoms with Crippen LogP contribution in [0, 0.1) is 0 Å². The van der Waals surface area contributed by atoms with Crippen LogP contribution >= 0.6 is 0 Å². The molecule has 0 aromatic heterocycles. The van der Waals surface area contributed by atoms with Gasteiger partial charge in [0.15, 0.2) is 0 Å². The Morgan fingerprint density at radius 3 is 2.32 bits per heavy atom. The number of hydrogen-bond donors (Lipinski definition) is 1. The fraction of sp³-hybridized carbons (Fsp3) is 0.308. The molecule has 4 rings (SSSR count). The van der Waals surface area contributed by atoms with Crippen LogP contribution in [0.1, 0.15) is 54.7 Å². The quantitative estimate of drug-likeness (QED) is 0.486. The Kier molecular flexibility index (Phi) is 6.29. The van der Waals surface area contributed by atoms with E-state index in [0.29, 0.717) is 6.61 Å². The molecule has 1 fully saturated rings. The number of hydrogen-bond acceptors (Lipinski definition) is 2. The maximum absolute atomic E-state index is 5.93. The fourth-order valence-electron chi connectivity index (χ4n) is 3.98. The Morgan fingerprint density at radius 1 is 0.750 bits per heavy atom. The molecule has 1 N–H and O–H groups in total. The lowest BCUT2D eigenvalue weighted by atomic mass is 9.84. The van der Waals surface area contributed by atoms with E-state index in [1.165, 1.54) is 48.8 Å². The number of anilines is 1. The molecule has 0 atom stereocenters. The third-order valence-electron chi connectivity index (χ3n) is 5.64. The second-order valence-corrected chi connectivity index (χ2v) is 7.73. The van der Waals surface area contributed by atoms with Gasteiger partial charge in [-0.25, -0.2) is 0 Å². The molecule has 2 nitrogen and oxygen atoms in total. The molecular formula is C26H29NO. The molecule has 0 aliphatic heterocycles. The van der Waals surface area contributed by atoms with Crippen molar-refractivity contribution in [3.05, 3.63) is 95.6 Å². The smallest absolute Gasteiger partial charge is 0.121 e. The lowest BCUT2D eigenvalue weighted by Crippen LogP contribution is -2.05. The summed E-state index contributed by atoms with van der Waals surface area (Å²) >= 11 is 0. The molecule has 0 amide bonds. The second kappa shape index (κ2) is 9.45. The minimum atomic E-state index is 0.590. The zero-order chi connectivity index (χ0) is 19.0. The molecule has 2 heteroatoms. The molecule has 144 valence electrons. The summed E-state index contributed by atoms with van der Waals surface area (Å²) in [6.07, 6.45) is 6.89. The molecule has 0 saturated heterocycles. The van der Waals surface area contributed by atoms with E-state index >= 15 is 0 Å². The number of benzene rings is 3. The molecule has 0 bridgehead atoms. The van der Waals surface area contributed by atoms with Crippen LogP contribution in [0.2, 0.25) is 0 Å². The summed E-state index contributed by atoms with van der Waals surface area (Å²) in [4.78, 5) is 0. The van der Waals surface area contributed by atoms with Gasteiger partial charge in [0.1, 0.15) is 12.4 Å². The summed E-state index contributed by atoms with van der Waals surface area (Å²) in [5.74, 6) is 1.66. The van der Waals surface area contributed by atoms with Crippen molar-refractivity contribution in [2.75, 3.05) is 5.32 Å². The van der Waals surface area contributed by atoms with Crippen molar-refractivity contribution >= 4 is 5.69 Å². The van der Waals surface area contributed by atoms with Crippen molar-refractivity contribution in [1.29, 1.82) is 0 Å². The lowest BCUT2D eigenvalue weighted by molar-refractivity contribution is 0.306. The maximum Gasteiger partial charge on any atom is 0.121 e. The predicted molar refractivity (Wildman–Crippen MR) is 117 cm³/mol. The van der Waals surface area contributed by atoms with Gasteiger partial charge in [0.2, 0.25) is 0 Å². The molecule has 1 saturated carbocycles. The highest BCUT2D eigenvalue weighted by atomic mass is 16.5. The van der Waals surface area contributed by atoms with E-state index in [2.05, 4.69) is 53.8 Å². The first-order valence-corrected chi connectivity index (χ1v) is 10.5. The van der Waals surface area contributed by atoms with Gasteiger partial charge in [-0.1, -0.05) is 79.9 Å². The first-order chi connectivity index (χ1) is 13.9. The molecular weight excluding hydrogens is 342 g/mol. The molecule has 0 unspecified atom stereocenters. The van der Waals surface area contributed by atoms with Crippen LogP contribution in [-0.4, -0.2) is 0 Å². The zero-order valence-corrected chi connectivity index (χ0v) is 16.4. The minimum Gasteiger partial charge on any atom is -0.489 e. The molecule has 0 radical (unpaired) electrons. The number of nitrogens with one attached hydrogen (secondary N) is 1. The SMILES string of the molecule is c1ccc(COc2cccc(NCc3ccc(C4CCCCC4)cc3)c2)cc1. The van der Waals surface area contributed by atoms with E-state index in [-0.39, 0.29) is 0 Å². The predicted octanol–water partition coefficient (Wildman–Crippen LogP) is 6.93. The Hall–Kier alpha value is -2.74. The van der Waals surface area contributed by atoms with Gasteiger partial charge < -0.3 is 10.1 Å². The topological polar surface area (TPSA) is 21.3 Å². The maximum atomic E-state index is 5.93. The standard InChI is InChI=1S/C26H29NO/c1-3-8-22(9-4-1)20-28-26-13-7-12-25(18-26)27-19-21-14-16-24(17-15-21)23-10-5-2-6-11-23/h1,3-4,7-9,12-18,23,27H,2,5-6,10-11,19-20H2. The fourth-order valence-corrected chi connectivity index (χ4v) is 3.98. The Bertz CT molecular complexity index is 851. The van der Waals surface area contributed by atoms with Crippen molar-refractivity contribution in [1.82, 2.24) is 0 Å². The summed E-state index contributed by atoms with van der Waals surface area (Å²) in [5, 5.41) is 3.52. The Labute approximate surface area is 168 Å². The lowest BCUT2D eigenvalue weighted by Gasteiger charge is -2.22. The van der Waals surface area contributed by atoms with E-state index in [9.17, 15) is 0 Å². The normalized spacial score (nSPS) is 14.6. The van der Waals surface area contributed by atoms with E-state index in [4.69, 9.17) is 4.74 Å². The van der Waals surface area contributed by atoms with Crippen molar-refractivity contribution < 1.29 is 4.74 Å². The van der Waals surface area contributed by atoms with Gasteiger partial charge in [0.25, 0.3) is 0 Å². The molecule has 3 aromatic rings. The van der Waals surface area contributed by atoms with Gasteiger partial charge in [-0.15, -0.1) is 0 Å². The van der Waals surface area contributed by atoms with Gasteiger partial charge in [-0.2, -0.15) is 0 Å². The first kappa shape index (κ1) is 18.6. The monoisotopic (exact) mass is 371 g/mol. The van der Waals surface area contributed by atoms with E-state index in [1.807, 2.05) is 30.3 Å². The van der Waals surface area contributed by atoms with E-state index in [1.54, 1.807) is 0 Å².